The first-order valence-corrected chi connectivity index (χ1v) is 7.21. The summed E-state index contributed by atoms with van der Waals surface area (Å²) in [5.41, 5.74) is 1.11. The molecule has 0 bridgehead atoms. The maximum atomic E-state index is 12.0. The van der Waals surface area contributed by atoms with Gasteiger partial charge < -0.3 is 19.4 Å². The highest BCUT2D eigenvalue weighted by Crippen LogP contribution is 2.13. The van der Waals surface area contributed by atoms with Crippen LogP contribution in [-0.4, -0.2) is 42.2 Å². The van der Waals surface area contributed by atoms with Gasteiger partial charge in [0.05, 0.1) is 25.5 Å². The third-order valence-electron chi connectivity index (χ3n) is 3.52. The molecule has 0 aliphatic carbocycles. The predicted octanol–water partition coefficient (Wildman–Crippen LogP) is 1.14. The van der Waals surface area contributed by atoms with Crippen LogP contribution in [0.5, 0.6) is 0 Å². The van der Waals surface area contributed by atoms with Crippen molar-refractivity contribution in [3.05, 3.63) is 41.7 Å². The van der Waals surface area contributed by atoms with Crippen LogP contribution in [0.15, 0.2) is 29.0 Å². The highest BCUT2D eigenvalue weighted by Gasteiger charge is 2.15. The largest absolute Gasteiger partial charge is 0.448 e. The molecule has 7 nitrogen and oxygen atoms in total. The lowest BCUT2D eigenvalue weighted by Gasteiger charge is -2.28. The van der Waals surface area contributed by atoms with Crippen molar-refractivity contribution in [1.29, 1.82) is 0 Å². The fourth-order valence-electron chi connectivity index (χ4n) is 2.31. The lowest BCUT2D eigenvalue weighted by atomic mass is 10.3. The van der Waals surface area contributed by atoms with E-state index in [-0.39, 0.29) is 5.91 Å². The Labute approximate surface area is 128 Å². The molecule has 1 saturated heterocycles. The molecule has 116 valence electrons. The van der Waals surface area contributed by atoms with Gasteiger partial charge in [0.15, 0.2) is 12.1 Å². The Bertz CT molecular complexity index is 650. The van der Waals surface area contributed by atoms with E-state index in [0.717, 1.165) is 24.6 Å². The number of carbonyl (C=O) groups excluding carboxylic acids is 1. The topological polar surface area (TPSA) is 80.5 Å². The zero-order valence-corrected chi connectivity index (χ0v) is 12.4. The summed E-state index contributed by atoms with van der Waals surface area (Å²) in [4.78, 5) is 22.7. The maximum Gasteiger partial charge on any atom is 0.273 e. The van der Waals surface area contributed by atoms with Crippen LogP contribution in [0, 0.1) is 6.92 Å². The molecule has 0 saturated carbocycles. The summed E-state index contributed by atoms with van der Waals surface area (Å²) in [6, 6.07) is 5.80. The molecule has 3 rings (SSSR count). The number of nitrogens with zero attached hydrogens (tertiary/aromatic N) is 3. The Morgan fingerprint density at radius 1 is 1.36 bits per heavy atom. The summed E-state index contributed by atoms with van der Waals surface area (Å²) in [7, 11) is 0. The number of aryl methyl sites for hydroxylation is 1. The molecule has 7 heteroatoms. The summed E-state index contributed by atoms with van der Waals surface area (Å²) in [5, 5.41) is 2.81. The van der Waals surface area contributed by atoms with E-state index in [1.54, 1.807) is 6.92 Å². The van der Waals surface area contributed by atoms with Gasteiger partial charge in [-0.3, -0.25) is 4.79 Å². The molecule has 0 unspecified atom stereocenters. The standard InChI is InChI=1S/C15H18N4O3/c1-11-14(17-10-22-11)15(20)16-9-12-3-2-4-13(18-12)19-5-7-21-8-6-19/h2-4,10H,5-9H2,1H3,(H,16,20). The molecule has 2 aromatic heterocycles. The third-order valence-corrected chi connectivity index (χ3v) is 3.52. The quantitative estimate of drug-likeness (QED) is 0.912. The Balaban J connectivity index is 1.63. The zero-order chi connectivity index (χ0) is 15.4. The fraction of sp³-hybridized carbons (Fsp3) is 0.400. The van der Waals surface area contributed by atoms with Crippen molar-refractivity contribution in [2.45, 2.75) is 13.5 Å². The monoisotopic (exact) mass is 302 g/mol. The minimum absolute atomic E-state index is 0.259. The van der Waals surface area contributed by atoms with Crippen molar-refractivity contribution >= 4 is 11.7 Å². The number of hydrogen-bond donors (Lipinski definition) is 1. The summed E-state index contributed by atoms with van der Waals surface area (Å²) in [6.45, 7) is 5.16. The van der Waals surface area contributed by atoms with Gasteiger partial charge >= 0.3 is 0 Å². The van der Waals surface area contributed by atoms with E-state index in [1.807, 2.05) is 18.2 Å². The predicted molar refractivity (Wildman–Crippen MR) is 79.7 cm³/mol. The first kappa shape index (κ1) is 14.5. The number of pyridine rings is 1. The number of nitrogens with one attached hydrogen (secondary N) is 1. The molecule has 0 radical (unpaired) electrons. The average Bonchev–Trinajstić information content (AvgIpc) is 3.00. The Hall–Kier alpha value is -2.41. The average molecular weight is 302 g/mol. The van der Waals surface area contributed by atoms with Crippen LogP contribution in [0.1, 0.15) is 21.9 Å². The molecule has 0 aromatic carbocycles. The van der Waals surface area contributed by atoms with Crippen molar-refractivity contribution in [2.75, 3.05) is 31.2 Å². The van der Waals surface area contributed by atoms with E-state index in [9.17, 15) is 4.79 Å². The van der Waals surface area contributed by atoms with E-state index in [1.165, 1.54) is 6.39 Å². The molecule has 3 heterocycles. The van der Waals surface area contributed by atoms with E-state index < -0.39 is 0 Å². The van der Waals surface area contributed by atoms with Gasteiger partial charge in [0.2, 0.25) is 0 Å². The van der Waals surface area contributed by atoms with E-state index in [2.05, 4.69) is 20.2 Å². The van der Waals surface area contributed by atoms with Crippen molar-refractivity contribution < 1.29 is 13.9 Å². The maximum absolute atomic E-state index is 12.0. The number of rotatable bonds is 4. The van der Waals surface area contributed by atoms with Gasteiger partial charge in [0.25, 0.3) is 5.91 Å². The number of carbonyl (C=O) groups is 1. The van der Waals surface area contributed by atoms with Gasteiger partial charge in [-0.25, -0.2) is 9.97 Å². The van der Waals surface area contributed by atoms with Gasteiger partial charge in [-0.15, -0.1) is 0 Å². The van der Waals surface area contributed by atoms with Gasteiger partial charge in [-0.1, -0.05) is 6.07 Å². The molecule has 1 fully saturated rings. The zero-order valence-electron chi connectivity index (χ0n) is 12.4. The Morgan fingerprint density at radius 3 is 2.91 bits per heavy atom. The molecule has 0 atom stereocenters. The van der Waals surface area contributed by atoms with Gasteiger partial charge in [0.1, 0.15) is 11.6 Å². The van der Waals surface area contributed by atoms with Crippen LogP contribution in [-0.2, 0) is 11.3 Å². The highest BCUT2D eigenvalue weighted by molar-refractivity contribution is 5.92. The van der Waals surface area contributed by atoms with E-state index in [4.69, 9.17) is 9.15 Å². The van der Waals surface area contributed by atoms with Gasteiger partial charge in [-0.2, -0.15) is 0 Å². The second-order valence-electron chi connectivity index (χ2n) is 5.03. The molecule has 22 heavy (non-hydrogen) atoms. The van der Waals surface area contributed by atoms with Crippen molar-refractivity contribution in [1.82, 2.24) is 15.3 Å². The molecule has 0 spiro atoms. The van der Waals surface area contributed by atoms with Crippen LogP contribution in [0.3, 0.4) is 0 Å². The molecule has 2 aromatic rings. The molecule has 1 aliphatic rings. The van der Waals surface area contributed by atoms with Crippen LogP contribution < -0.4 is 10.2 Å². The molecule has 1 aliphatic heterocycles. The van der Waals surface area contributed by atoms with Crippen molar-refractivity contribution in [3.63, 3.8) is 0 Å². The second kappa shape index (κ2) is 6.57. The summed E-state index contributed by atoms with van der Waals surface area (Å²) < 4.78 is 10.4. The lowest BCUT2D eigenvalue weighted by molar-refractivity contribution is 0.0944. The number of aromatic nitrogens is 2. The van der Waals surface area contributed by atoms with E-state index >= 15 is 0 Å². The summed E-state index contributed by atoms with van der Waals surface area (Å²) in [5.74, 6) is 1.16. The normalized spacial score (nSPS) is 14.9. The van der Waals surface area contributed by atoms with Gasteiger partial charge in [0, 0.05) is 13.1 Å². The molecule has 1 N–H and O–H groups in total. The smallest absolute Gasteiger partial charge is 0.273 e. The Morgan fingerprint density at radius 2 is 2.18 bits per heavy atom. The number of ether oxygens (including phenoxy) is 1. The molecular formula is C15H18N4O3. The second-order valence-corrected chi connectivity index (χ2v) is 5.03. The summed E-state index contributed by atoms with van der Waals surface area (Å²) in [6.07, 6.45) is 1.27. The highest BCUT2D eigenvalue weighted by atomic mass is 16.5. The third kappa shape index (κ3) is 3.25. The van der Waals surface area contributed by atoms with Crippen molar-refractivity contribution in [2.24, 2.45) is 0 Å². The fourth-order valence-corrected chi connectivity index (χ4v) is 2.31. The van der Waals surface area contributed by atoms with Gasteiger partial charge in [-0.05, 0) is 19.1 Å². The number of hydrogen-bond acceptors (Lipinski definition) is 6. The number of amides is 1. The van der Waals surface area contributed by atoms with Crippen molar-refractivity contribution in [3.8, 4) is 0 Å². The lowest BCUT2D eigenvalue weighted by Crippen LogP contribution is -2.37. The minimum Gasteiger partial charge on any atom is -0.448 e. The van der Waals surface area contributed by atoms with Crippen LogP contribution >= 0.6 is 0 Å². The summed E-state index contributed by atoms with van der Waals surface area (Å²) >= 11 is 0. The first-order valence-electron chi connectivity index (χ1n) is 7.21. The molecule has 1 amide bonds. The van der Waals surface area contributed by atoms with E-state index in [0.29, 0.717) is 31.2 Å². The first-order chi connectivity index (χ1) is 10.7. The number of morpholine rings is 1. The van der Waals surface area contributed by atoms with Crippen LogP contribution in [0.25, 0.3) is 0 Å². The van der Waals surface area contributed by atoms with Crippen LogP contribution in [0.4, 0.5) is 5.82 Å². The SMILES string of the molecule is Cc1ocnc1C(=O)NCc1cccc(N2CCOCC2)n1. The number of oxazole rings is 1. The van der Waals surface area contributed by atoms with Crippen LogP contribution in [0.2, 0.25) is 0 Å². The Kier molecular flexibility index (Phi) is 4.34. The number of anilines is 1. The molecular weight excluding hydrogens is 284 g/mol. The minimum atomic E-state index is -0.259.